The van der Waals surface area contributed by atoms with Crippen LogP contribution < -0.4 is 5.32 Å². The lowest BCUT2D eigenvalue weighted by atomic mass is 9.89. The number of nitrogens with zero attached hydrogens (tertiary/aromatic N) is 1. The van der Waals surface area contributed by atoms with Gasteiger partial charge in [-0.2, -0.15) is 0 Å². The number of rotatable bonds is 6. The Hall–Kier alpha value is -0.850. The third-order valence-corrected chi connectivity index (χ3v) is 4.18. The van der Waals surface area contributed by atoms with Crippen LogP contribution in [0.5, 0.6) is 0 Å². The number of likely N-dealkylation sites (tertiary alicyclic amines) is 1. The van der Waals surface area contributed by atoms with Gasteiger partial charge in [0.25, 0.3) is 0 Å². The van der Waals surface area contributed by atoms with E-state index in [-0.39, 0.29) is 12.2 Å². The molecular weight excluding hydrogens is 296 g/mol. The summed E-state index contributed by atoms with van der Waals surface area (Å²) in [5, 5.41) is 3.43. The number of hydrogen-bond donors (Lipinski definition) is 1. The molecule has 6 heteroatoms. The standard InChI is InChI=1S/C17H32N2O4/c1-16(2,3)23-15(20)19-8-5-14(6-9-19)22-10-7-18-11-17(4)12-21-13-17/h14,18H,5-13H2,1-4H3. The Morgan fingerprint density at radius 1 is 1.30 bits per heavy atom. The van der Waals surface area contributed by atoms with Crippen molar-refractivity contribution in [3.8, 4) is 0 Å². The predicted octanol–water partition coefficient (Wildman–Crippen LogP) is 2.03. The van der Waals surface area contributed by atoms with Crippen molar-refractivity contribution < 1.29 is 19.0 Å². The van der Waals surface area contributed by atoms with Gasteiger partial charge < -0.3 is 24.4 Å². The number of carbonyl (C=O) groups is 1. The minimum Gasteiger partial charge on any atom is -0.444 e. The monoisotopic (exact) mass is 328 g/mol. The SMILES string of the molecule is CC1(CNCCOC2CCN(C(=O)OC(C)(C)C)CC2)COC1. The Morgan fingerprint density at radius 3 is 2.48 bits per heavy atom. The zero-order valence-corrected chi connectivity index (χ0v) is 15.0. The van der Waals surface area contributed by atoms with Gasteiger partial charge in [-0.25, -0.2) is 4.79 Å². The molecule has 1 N–H and O–H groups in total. The highest BCUT2D eigenvalue weighted by atomic mass is 16.6. The molecule has 0 unspecified atom stereocenters. The number of hydrogen-bond acceptors (Lipinski definition) is 5. The third-order valence-electron chi connectivity index (χ3n) is 4.18. The molecule has 0 aromatic heterocycles. The molecule has 0 aromatic carbocycles. The highest BCUT2D eigenvalue weighted by molar-refractivity contribution is 5.68. The van der Waals surface area contributed by atoms with Gasteiger partial charge in [-0.15, -0.1) is 0 Å². The van der Waals surface area contributed by atoms with Crippen LogP contribution in [0.25, 0.3) is 0 Å². The first kappa shape index (κ1) is 18.5. The smallest absolute Gasteiger partial charge is 0.410 e. The van der Waals surface area contributed by atoms with Gasteiger partial charge in [0, 0.05) is 31.6 Å². The number of ether oxygens (including phenoxy) is 3. The van der Waals surface area contributed by atoms with E-state index in [1.807, 2.05) is 20.8 Å². The molecule has 2 fully saturated rings. The van der Waals surface area contributed by atoms with Gasteiger partial charge in [0.15, 0.2) is 0 Å². The van der Waals surface area contributed by atoms with Crippen LogP contribution in [0.1, 0.15) is 40.5 Å². The van der Waals surface area contributed by atoms with E-state index in [2.05, 4.69) is 12.2 Å². The number of amides is 1. The third kappa shape index (κ3) is 6.28. The van der Waals surface area contributed by atoms with Crippen molar-refractivity contribution >= 4 is 6.09 Å². The van der Waals surface area contributed by atoms with Crippen LogP contribution in [-0.2, 0) is 14.2 Å². The van der Waals surface area contributed by atoms with E-state index in [9.17, 15) is 4.79 Å². The van der Waals surface area contributed by atoms with Crippen LogP contribution >= 0.6 is 0 Å². The Morgan fingerprint density at radius 2 is 1.96 bits per heavy atom. The molecule has 0 spiro atoms. The second-order valence-corrected chi connectivity index (χ2v) is 8.02. The van der Waals surface area contributed by atoms with Crippen LogP contribution in [-0.4, -0.2) is 68.7 Å². The van der Waals surface area contributed by atoms with Crippen molar-refractivity contribution in [1.82, 2.24) is 10.2 Å². The van der Waals surface area contributed by atoms with E-state index in [1.54, 1.807) is 4.90 Å². The van der Waals surface area contributed by atoms with Crippen molar-refractivity contribution in [2.75, 3.05) is 46.0 Å². The lowest BCUT2D eigenvalue weighted by molar-refractivity contribution is -0.0996. The minimum atomic E-state index is -0.432. The highest BCUT2D eigenvalue weighted by Gasteiger charge is 2.32. The molecule has 2 rings (SSSR count). The first-order valence-electron chi connectivity index (χ1n) is 8.65. The van der Waals surface area contributed by atoms with Crippen molar-refractivity contribution in [3.05, 3.63) is 0 Å². The van der Waals surface area contributed by atoms with Crippen LogP contribution in [0.15, 0.2) is 0 Å². The van der Waals surface area contributed by atoms with Gasteiger partial charge in [-0.05, 0) is 33.6 Å². The summed E-state index contributed by atoms with van der Waals surface area (Å²) in [6, 6.07) is 0. The fraction of sp³-hybridized carbons (Fsp3) is 0.941. The molecule has 134 valence electrons. The maximum Gasteiger partial charge on any atom is 0.410 e. The number of nitrogens with one attached hydrogen (secondary N) is 1. The molecular formula is C17H32N2O4. The summed E-state index contributed by atoms with van der Waals surface area (Å²) < 4.78 is 16.5. The second-order valence-electron chi connectivity index (χ2n) is 8.02. The summed E-state index contributed by atoms with van der Waals surface area (Å²) in [5.74, 6) is 0. The van der Waals surface area contributed by atoms with Gasteiger partial charge in [-0.1, -0.05) is 6.92 Å². The van der Waals surface area contributed by atoms with E-state index >= 15 is 0 Å². The van der Waals surface area contributed by atoms with Crippen molar-refractivity contribution in [3.63, 3.8) is 0 Å². The summed E-state index contributed by atoms with van der Waals surface area (Å²) in [4.78, 5) is 13.8. The van der Waals surface area contributed by atoms with Crippen LogP contribution in [0, 0.1) is 5.41 Å². The van der Waals surface area contributed by atoms with Gasteiger partial charge in [0.2, 0.25) is 0 Å². The first-order valence-corrected chi connectivity index (χ1v) is 8.65. The normalized spacial score (nSPS) is 21.8. The van der Waals surface area contributed by atoms with Crippen molar-refractivity contribution in [1.29, 1.82) is 0 Å². The number of piperidine rings is 1. The van der Waals surface area contributed by atoms with Crippen LogP contribution in [0.4, 0.5) is 4.79 Å². The van der Waals surface area contributed by atoms with Gasteiger partial charge in [0.1, 0.15) is 5.60 Å². The Kier molecular flexibility index (Phi) is 6.28. The second kappa shape index (κ2) is 7.81. The average Bonchev–Trinajstić information content (AvgIpc) is 2.44. The quantitative estimate of drug-likeness (QED) is 0.756. The summed E-state index contributed by atoms with van der Waals surface area (Å²) in [6.07, 6.45) is 1.79. The summed E-state index contributed by atoms with van der Waals surface area (Å²) >= 11 is 0. The molecule has 1 amide bonds. The molecule has 0 aromatic rings. The number of carbonyl (C=O) groups excluding carboxylic acids is 1. The Bertz CT molecular complexity index is 383. The lowest BCUT2D eigenvalue weighted by Gasteiger charge is -2.38. The molecule has 2 heterocycles. The summed E-state index contributed by atoms with van der Waals surface area (Å²) in [5.41, 5.74) is -0.128. The molecule has 23 heavy (non-hydrogen) atoms. The molecule has 2 aliphatic heterocycles. The Labute approximate surface area is 139 Å². The van der Waals surface area contributed by atoms with E-state index in [1.165, 1.54) is 0 Å². The minimum absolute atomic E-state index is 0.214. The summed E-state index contributed by atoms with van der Waals surface area (Å²) in [6.45, 7) is 13.6. The zero-order chi connectivity index (χ0) is 16.9. The van der Waals surface area contributed by atoms with E-state index in [4.69, 9.17) is 14.2 Å². The van der Waals surface area contributed by atoms with Crippen molar-refractivity contribution in [2.24, 2.45) is 5.41 Å². The zero-order valence-electron chi connectivity index (χ0n) is 15.0. The van der Waals surface area contributed by atoms with E-state index in [0.717, 1.165) is 39.1 Å². The lowest BCUT2D eigenvalue weighted by Crippen LogP contribution is -2.48. The molecule has 6 nitrogen and oxygen atoms in total. The molecule has 0 radical (unpaired) electrons. The van der Waals surface area contributed by atoms with Gasteiger partial charge >= 0.3 is 6.09 Å². The average molecular weight is 328 g/mol. The maximum atomic E-state index is 12.0. The van der Waals surface area contributed by atoms with Crippen LogP contribution in [0.3, 0.4) is 0 Å². The molecule has 0 saturated carbocycles. The highest BCUT2D eigenvalue weighted by Crippen LogP contribution is 2.24. The van der Waals surface area contributed by atoms with Gasteiger partial charge in [0.05, 0.1) is 25.9 Å². The largest absolute Gasteiger partial charge is 0.444 e. The first-order chi connectivity index (χ1) is 10.8. The van der Waals surface area contributed by atoms with Crippen LogP contribution in [0.2, 0.25) is 0 Å². The predicted molar refractivity (Wildman–Crippen MR) is 88.6 cm³/mol. The maximum absolute atomic E-state index is 12.0. The summed E-state index contributed by atoms with van der Waals surface area (Å²) in [7, 11) is 0. The fourth-order valence-corrected chi connectivity index (χ4v) is 2.77. The molecule has 0 aliphatic carbocycles. The molecule has 2 saturated heterocycles. The van der Waals surface area contributed by atoms with Gasteiger partial charge in [-0.3, -0.25) is 0 Å². The Balaban J connectivity index is 1.53. The molecule has 0 atom stereocenters. The molecule has 0 bridgehead atoms. The van der Waals surface area contributed by atoms with Crippen molar-refractivity contribution in [2.45, 2.75) is 52.2 Å². The molecule has 2 aliphatic rings. The topological polar surface area (TPSA) is 60.0 Å². The van der Waals surface area contributed by atoms with E-state index in [0.29, 0.717) is 25.1 Å². The fourth-order valence-electron chi connectivity index (χ4n) is 2.77. The van der Waals surface area contributed by atoms with E-state index < -0.39 is 5.60 Å².